The Hall–Kier alpha value is -3.68. The number of non-ortho nitro benzene ring substituents is 1. The SMILES string of the molecule is COc1ccc([C@@H](NC(C)=O)c2cc([N+](=O)[O-])c3cccnc3c2O)cc1. The summed E-state index contributed by atoms with van der Waals surface area (Å²) in [5.41, 5.74) is 0.722. The number of fused-ring (bicyclic) bond motifs is 1. The van der Waals surface area contributed by atoms with Crippen LogP contribution in [0.2, 0.25) is 0 Å². The molecule has 0 radical (unpaired) electrons. The minimum absolute atomic E-state index is 0.102. The zero-order valence-electron chi connectivity index (χ0n) is 14.7. The molecule has 3 rings (SSSR count). The smallest absolute Gasteiger partial charge is 0.279 e. The van der Waals surface area contributed by atoms with E-state index in [-0.39, 0.29) is 33.8 Å². The average molecular weight is 367 g/mol. The normalized spacial score (nSPS) is 11.8. The van der Waals surface area contributed by atoms with Gasteiger partial charge in [0, 0.05) is 24.8 Å². The number of aromatic nitrogens is 1. The molecule has 0 saturated heterocycles. The van der Waals surface area contributed by atoms with Gasteiger partial charge in [-0.3, -0.25) is 19.9 Å². The van der Waals surface area contributed by atoms with Crippen molar-refractivity contribution in [3.63, 3.8) is 0 Å². The van der Waals surface area contributed by atoms with Crippen molar-refractivity contribution in [1.82, 2.24) is 10.3 Å². The van der Waals surface area contributed by atoms with Gasteiger partial charge in [0.2, 0.25) is 5.91 Å². The largest absolute Gasteiger partial charge is 0.505 e. The van der Waals surface area contributed by atoms with Crippen LogP contribution in [-0.2, 0) is 4.79 Å². The standard InChI is InChI=1S/C19H17N3O5/c1-11(23)21-17(12-5-7-13(27-2)8-6-12)15-10-16(22(25)26)14-4-3-9-20-18(14)19(15)24/h3-10,17,24H,1-2H3,(H,21,23)/t17-/m1/s1. The zero-order chi connectivity index (χ0) is 19.6. The van der Waals surface area contributed by atoms with Crippen LogP contribution >= 0.6 is 0 Å². The lowest BCUT2D eigenvalue weighted by atomic mass is 9.95. The molecule has 138 valence electrons. The van der Waals surface area contributed by atoms with Gasteiger partial charge in [-0.2, -0.15) is 0 Å². The third-order valence-corrected chi connectivity index (χ3v) is 4.18. The number of phenols is 1. The number of carbonyl (C=O) groups is 1. The molecule has 0 aliphatic heterocycles. The summed E-state index contributed by atoms with van der Waals surface area (Å²) in [5, 5.41) is 25.2. The van der Waals surface area contributed by atoms with Crippen molar-refractivity contribution in [3.8, 4) is 11.5 Å². The fourth-order valence-corrected chi connectivity index (χ4v) is 2.94. The molecule has 1 heterocycles. The van der Waals surface area contributed by atoms with Crippen molar-refractivity contribution >= 4 is 22.5 Å². The van der Waals surface area contributed by atoms with Crippen molar-refractivity contribution in [1.29, 1.82) is 0 Å². The highest BCUT2D eigenvalue weighted by atomic mass is 16.6. The summed E-state index contributed by atoms with van der Waals surface area (Å²) >= 11 is 0. The molecule has 0 saturated carbocycles. The summed E-state index contributed by atoms with van der Waals surface area (Å²) in [6.07, 6.45) is 1.44. The molecule has 0 aliphatic rings. The summed E-state index contributed by atoms with van der Waals surface area (Å²) in [6, 6.07) is 10.4. The second-order valence-electron chi connectivity index (χ2n) is 5.90. The van der Waals surface area contributed by atoms with Crippen LogP contribution in [0, 0.1) is 10.1 Å². The zero-order valence-corrected chi connectivity index (χ0v) is 14.7. The molecular weight excluding hydrogens is 350 g/mol. The molecule has 3 aromatic rings. The lowest BCUT2D eigenvalue weighted by molar-refractivity contribution is -0.383. The summed E-state index contributed by atoms with van der Waals surface area (Å²) in [7, 11) is 1.53. The molecule has 0 bridgehead atoms. The van der Waals surface area contributed by atoms with E-state index in [4.69, 9.17) is 4.74 Å². The fourth-order valence-electron chi connectivity index (χ4n) is 2.94. The van der Waals surface area contributed by atoms with E-state index >= 15 is 0 Å². The van der Waals surface area contributed by atoms with Gasteiger partial charge in [-0.15, -0.1) is 0 Å². The Bertz CT molecular complexity index is 1020. The van der Waals surface area contributed by atoms with Crippen LogP contribution in [0.5, 0.6) is 11.5 Å². The van der Waals surface area contributed by atoms with E-state index in [1.54, 1.807) is 30.3 Å². The van der Waals surface area contributed by atoms with Crippen LogP contribution in [0.15, 0.2) is 48.7 Å². The summed E-state index contributed by atoms with van der Waals surface area (Å²) in [4.78, 5) is 26.8. The van der Waals surface area contributed by atoms with Crippen LogP contribution in [0.3, 0.4) is 0 Å². The number of ether oxygens (including phenoxy) is 1. The van der Waals surface area contributed by atoms with Gasteiger partial charge in [0.25, 0.3) is 5.69 Å². The van der Waals surface area contributed by atoms with Gasteiger partial charge in [-0.05, 0) is 29.8 Å². The number of methoxy groups -OCH3 is 1. The summed E-state index contributed by atoms with van der Waals surface area (Å²) in [5.74, 6) is 0.0560. The summed E-state index contributed by atoms with van der Waals surface area (Å²) in [6.45, 7) is 1.33. The quantitative estimate of drug-likeness (QED) is 0.529. The van der Waals surface area contributed by atoms with E-state index in [0.29, 0.717) is 11.3 Å². The number of rotatable bonds is 5. The molecule has 8 nitrogen and oxygen atoms in total. The molecule has 1 atom stereocenters. The lowest BCUT2D eigenvalue weighted by Gasteiger charge is -2.21. The molecule has 1 aromatic heterocycles. The Morgan fingerprint density at radius 3 is 2.59 bits per heavy atom. The number of benzene rings is 2. The number of nitro benzene ring substituents is 1. The predicted octanol–water partition coefficient (Wildman–Crippen LogP) is 3.08. The second-order valence-corrected chi connectivity index (χ2v) is 5.90. The molecule has 0 fully saturated rings. The van der Waals surface area contributed by atoms with Crippen molar-refractivity contribution in [2.45, 2.75) is 13.0 Å². The van der Waals surface area contributed by atoms with Gasteiger partial charge in [-0.1, -0.05) is 12.1 Å². The van der Waals surface area contributed by atoms with Crippen LogP contribution in [0.4, 0.5) is 5.69 Å². The van der Waals surface area contributed by atoms with Gasteiger partial charge in [0.15, 0.2) is 0 Å². The molecule has 2 aromatic carbocycles. The van der Waals surface area contributed by atoms with Gasteiger partial charge in [0.05, 0.1) is 23.5 Å². The van der Waals surface area contributed by atoms with E-state index in [2.05, 4.69) is 10.3 Å². The van der Waals surface area contributed by atoms with Crippen LogP contribution in [0.1, 0.15) is 24.1 Å². The highest BCUT2D eigenvalue weighted by molar-refractivity contribution is 5.93. The maximum absolute atomic E-state index is 11.8. The Morgan fingerprint density at radius 1 is 1.30 bits per heavy atom. The van der Waals surface area contributed by atoms with E-state index in [1.165, 1.54) is 32.4 Å². The highest BCUT2D eigenvalue weighted by Crippen LogP contribution is 2.39. The molecule has 2 N–H and O–H groups in total. The van der Waals surface area contributed by atoms with Gasteiger partial charge < -0.3 is 15.2 Å². The van der Waals surface area contributed by atoms with Crippen LogP contribution in [0.25, 0.3) is 10.9 Å². The van der Waals surface area contributed by atoms with E-state index < -0.39 is 11.0 Å². The molecule has 8 heteroatoms. The van der Waals surface area contributed by atoms with Crippen LogP contribution in [-0.4, -0.2) is 28.0 Å². The topological polar surface area (TPSA) is 115 Å². The van der Waals surface area contributed by atoms with E-state index in [1.807, 2.05) is 0 Å². The van der Waals surface area contributed by atoms with E-state index in [9.17, 15) is 20.0 Å². The van der Waals surface area contributed by atoms with Gasteiger partial charge in [0.1, 0.15) is 17.0 Å². The van der Waals surface area contributed by atoms with Crippen molar-refractivity contribution in [2.24, 2.45) is 0 Å². The number of nitro groups is 1. The van der Waals surface area contributed by atoms with Crippen molar-refractivity contribution in [3.05, 3.63) is 69.9 Å². The molecule has 0 aliphatic carbocycles. The van der Waals surface area contributed by atoms with E-state index in [0.717, 1.165) is 0 Å². The maximum atomic E-state index is 11.8. The average Bonchev–Trinajstić information content (AvgIpc) is 2.66. The number of carbonyl (C=O) groups excluding carboxylic acids is 1. The number of phenolic OH excluding ortho intramolecular Hbond substituents is 1. The Kier molecular flexibility index (Phi) is 4.89. The first-order valence-corrected chi connectivity index (χ1v) is 8.08. The first kappa shape index (κ1) is 18.1. The van der Waals surface area contributed by atoms with Crippen molar-refractivity contribution < 1.29 is 19.6 Å². The first-order valence-electron chi connectivity index (χ1n) is 8.08. The van der Waals surface area contributed by atoms with Gasteiger partial charge in [-0.25, -0.2) is 0 Å². The highest BCUT2D eigenvalue weighted by Gasteiger charge is 2.26. The number of nitrogens with one attached hydrogen (secondary N) is 1. The maximum Gasteiger partial charge on any atom is 0.279 e. The molecule has 0 unspecified atom stereocenters. The number of hydrogen-bond acceptors (Lipinski definition) is 6. The molecule has 27 heavy (non-hydrogen) atoms. The predicted molar refractivity (Wildman–Crippen MR) is 98.7 cm³/mol. The number of amides is 1. The lowest BCUT2D eigenvalue weighted by Crippen LogP contribution is -2.27. The first-order chi connectivity index (χ1) is 12.9. The minimum atomic E-state index is -0.793. The monoisotopic (exact) mass is 367 g/mol. The summed E-state index contributed by atoms with van der Waals surface area (Å²) < 4.78 is 5.13. The second kappa shape index (κ2) is 7.28. The van der Waals surface area contributed by atoms with Crippen molar-refractivity contribution in [2.75, 3.05) is 7.11 Å². The van der Waals surface area contributed by atoms with Gasteiger partial charge >= 0.3 is 0 Å². The van der Waals surface area contributed by atoms with Crippen LogP contribution < -0.4 is 10.1 Å². The molecule has 0 spiro atoms. The number of aromatic hydroxyl groups is 1. The fraction of sp³-hybridized carbons (Fsp3) is 0.158. The number of nitrogens with zero attached hydrogens (tertiary/aromatic N) is 2. The minimum Gasteiger partial charge on any atom is -0.505 e. The molecular formula is C19H17N3O5. The number of hydrogen-bond donors (Lipinski definition) is 2. The number of pyridine rings is 1. The Balaban J connectivity index is 2.24. The third-order valence-electron chi connectivity index (χ3n) is 4.18. The molecule has 1 amide bonds. The Labute approximate surface area is 154 Å². The third kappa shape index (κ3) is 3.50. The Morgan fingerprint density at radius 2 is 2.00 bits per heavy atom.